The van der Waals surface area contributed by atoms with Crippen LogP contribution >= 0.6 is 0 Å². The highest BCUT2D eigenvalue weighted by molar-refractivity contribution is 4.86. The summed E-state index contributed by atoms with van der Waals surface area (Å²) >= 11 is 0. The maximum atomic E-state index is 4.12. The van der Waals surface area contributed by atoms with Gasteiger partial charge in [0.15, 0.2) is 5.82 Å². The van der Waals surface area contributed by atoms with Crippen molar-refractivity contribution in [1.29, 1.82) is 0 Å². The van der Waals surface area contributed by atoms with Crippen molar-refractivity contribution in [2.24, 2.45) is 0 Å². The van der Waals surface area contributed by atoms with Crippen LogP contribution in [-0.4, -0.2) is 21.7 Å². The van der Waals surface area contributed by atoms with Gasteiger partial charge in [-0.2, -0.15) is 5.10 Å². The average molecular weight is 140 g/mol. The largest absolute Gasteiger partial charge is 0.310 e. The van der Waals surface area contributed by atoms with Crippen LogP contribution in [0.15, 0.2) is 0 Å². The van der Waals surface area contributed by atoms with E-state index in [0.29, 0.717) is 0 Å². The summed E-state index contributed by atoms with van der Waals surface area (Å²) < 4.78 is 0. The van der Waals surface area contributed by atoms with Crippen LogP contribution in [0.2, 0.25) is 0 Å². The number of nitrogens with zero attached hydrogens (tertiary/aromatic N) is 2. The Morgan fingerprint density at radius 3 is 2.90 bits per heavy atom. The maximum absolute atomic E-state index is 4.12. The molecule has 0 unspecified atom stereocenters. The number of hydrogen-bond donors (Lipinski definition) is 2. The van der Waals surface area contributed by atoms with Crippen molar-refractivity contribution in [3.8, 4) is 0 Å². The van der Waals surface area contributed by atoms with Crippen molar-refractivity contribution < 1.29 is 0 Å². The second-order valence-corrected chi connectivity index (χ2v) is 2.12. The molecule has 0 aromatic carbocycles. The average Bonchev–Trinajstić information content (AvgIpc) is 2.31. The molecule has 0 spiro atoms. The van der Waals surface area contributed by atoms with Crippen LogP contribution in [0.25, 0.3) is 0 Å². The van der Waals surface area contributed by atoms with E-state index in [2.05, 4.69) is 27.4 Å². The molecule has 1 aromatic heterocycles. The van der Waals surface area contributed by atoms with Gasteiger partial charge in [-0.15, -0.1) is 0 Å². The van der Waals surface area contributed by atoms with E-state index in [0.717, 1.165) is 24.7 Å². The van der Waals surface area contributed by atoms with Crippen molar-refractivity contribution >= 4 is 0 Å². The number of rotatable bonds is 3. The van der Waals surface area contributed by atoms with E-state index in [4.69, 9.17) is 0 Å². The molecule has 56 valence electrons. The predicted molar refractivity (Wildman–Crippen MR) is 38.5 cm³/mol. The second kappa shape index (κ2) is 3.31. The molecule has 4 nitrogen and oxygen atoms in total. The fraction of sp³-hybridized carbons (Fsp3) is 0.667. The van der Waals surface area contributed by atoms with Gasteiger partial charge in [-0.1, -0.05) is 6.92 Å². The van der Waals surface area contributed by atoms with Gasteiger partial charge in [0.2, 0.25) is 0 Å². The first-order chi connectivity index (χ1) is 4.83. The van der Waals surface area contributed by atoms with Gasteiger partial charge in [0.25, 0.3) is 0 Å². The van der Waals surface area contributed by atoms with Gasteiger partial charge in [-0.25, -0.2) is 4.98 Å². The molecule has 1 heterocycles. The van der Waals surface area contributed by atoms with E-state index in [-0.39, 0.29) is 0 Å². The number of aromatic nitrogens is 3. The van der Waals surface area contributed by atoms with Gasteiger partial charge in [0.05, 0.1) is 6.54 Å². The minimum atomic E-state index is 0.751. The molecule has 10 heavy (non-hydrogen) atoms. The van der Waals surface area contributed by atoms with Gasteiger partial charge in [-0.3, -0.25) is 5.10 Å². The van der Waals surface area contributed by atoms with Crippen LogP contribution in [-0.2, 0) is 6.54 Å². The molecule has 0 bridgehead atoms. The first-order valence-electron chi connectivity index (χ1n) is 3.41. The summed E-state index contributed by atoms with van der Waals surface area (Å²) in [5, 5.41) is 9.86. The molecule has 0 radical (unpaired) electrons. The molecule has 0 atom stereocenters. The Morgan fingerprint density at radius 2 is 2.40 bits per heavy atom. The van der Waals surface area contributed by atoms with Crippen LogP contribution in [0.1, 0.15) is 18.6 Å². The molecule has 0 aliphatic rings. The number of H-pyrrole nitrogens is 1. The van der Waals surface area contributed by atoms with Crippen molar-refractivity contribution in [2.45, 2.75) is 20.4 Å². The van der Waals surface area contributed by atoms with E-state index in [9.17, 15) is 0 Å². The van der Waals surface area contributed by atoms with Crippen molar-refractivity contribution in [1.82, 2.24) is 20.5 Å². The van der Waals surface area contributed by atoms with Crippen LogP contribution in [0, 0.1) is 6.92 Å². The summed E-state index contributed by atoms with van der Waals surface area (Å²) in [5.41, 5.74) is 0. The fourth-order valence-corrected chi connectivity index (χ4v) is 0.705. The molecule has 0 fully saturated rings. The Hall–Kier alpha value is -0.900. The zero-order valence-electron chi connectivity index (χ0n) is 6.31. The van der Waals surface area contributed by atoms with Gasteiger partial charge in [0, 0.05) is 0 Å². The highest BCUT2D eigenvalue weighted by atomic mass is 15.2. The molecule has 0 saturated heterocycles. The lowest BCUT2D eigenvalue weighted by Crippen LogP contribution is -2.12. The summed E-state index contributed by atoms with van der Waals surface area (Å²) in [6, 6.07) is 0. The molecule has 0 amide bonds. The predicted octanol–water partition coefficient (Wildman–Crippen LogP) is 0.223. The van der Waals surface area contributed by atoms with Crippen molar-refractivity contribution in [2.75, 3.05) is 6.54 Å². The van der Waals surface area contributed by atoms with E-state index in [1.54, 1.807) is 0 Å². The second-order valence-electron chi connectivity index (χ2n) is 2.12. The van der Waals surface area contributed by atoms with Gasteiger partial charge in [-0.05, 0) is 13.5 Å². The van der Waals surface area contributed by atoms with Gasteiger partial charge >= 0.3 is 0 Å². The lowest BCUT2D eigenvalue weighted by molar-refractivity contribution is 0.693. The van der Waals surface area contributed by atoms with E-state index < -0.39 is 0 Å². The summed E-state index contributed by atoms with van der Waals surface area (Å²) in [5.74, 6) is 1.70. The summed E-state index contributed by atoms with van der Waals surface area (Å²) in [4.78, 5) is 4.12. The van der Waals surface area contributed by atoms with Crippen LogP contribution in [0.5, 0.6) is 0 Å². The molecule has 0 aliphatic carbocycles. The molecule has 1 aromatic rings. The fourth-order valence-electron chi connectivity index (χ4n) is 0.705. The lowest BCUT2D eigenvalue weighted by atomic mass is 10.6. The first-order valence-corrected chi connectivity index (χ1v) is 3.41. The third-order valence-corrected chi connectivity index (χ3v) is 1.18. The lowest BCUT2D eigenvalue weighted by Gasteiger charge is -1.92. The smallest absolute Gasteiger partial charge is 0.164 e. The zero-order chi connectivity index (χ0) is 7.40. The van der Waals surface area contributed by atoms with E-state index >= 15 is 0 Å². The van der Waals surface area contributed by atoms with Gasteiger partial charge < -0.3 is 5.32 Å². The standard InChI is InChI=1S/C6H12N4/c1-3-7-4-6-8-5(2)9-10-6/h7H,3-4H2,1-2H3,(H,8,9,10). The van der Waals surface area contributed by atoms with Crippen LogP contribution < -0.4 is 5.32 Å². The van der Waals surface area contributed by atoms with Crippen LogP contribution in [0.4, 0.5) is 0 Å². The van der Waals surface area contributed by atoms with Crippen molar-refractivity contribution in [3.63, 3.8) is 0 Å². The van der Waals surface area contributed by atoms with Gasteiger partial charge in [0.1, 0.15) is 5.82 Å². The third kappa shape index (κ3) is 1.80. The Labute approximate surface area is 60.1 Å². The van der Waals surface area contributed by atoms with E-state index in [1.165, 1.54) is 0 Å². The summed E-state index contributed by atoms with van der Waals surface area (Å²) in [6.07, 6.45) is 0. The number of aromatic amines is 1. The SMILES string of the molecule is CCNCc1n[nH]c(C)n1. The minimum absolute atomic E-state index is 0.751. The Kier molecular flexibility index (Phi) is 2.39. The molecule has 1 rings (SSSR count). The molecular formula is C6H12N4. The van der Waals surface area contributed by atoms with E-state index in [1.807, 2.05) is 6.92 Å². The molecule has 4 heteroatoms. The molecule has 2 N–H and O–H groups in total. The Balaban J connectivity index is 2.42. The third-order valence-electron chi connectivity index (χ3n) is 1.18. The quantitative estimate of drug-likeness (QED) is 0.631. The summed E-state index contributed by atoms with van der Waals surface area (Å²) in [7, 11) is 0. The molecular weight excluding hydrogens is 128 g/mol. The monoisotopic (exact) mass is 140 g/mol. The first kappa shape index (κ1) is 7.21. The normalized spacial score (nSPS) is 10.2. The topological polar surface area (TPSA) is 53.6 Å². The highest BCUT2D eigenvalue weighted by Gasteiger charge is 1.95. The maximum Gasteiger partial charge on any atom is 0.164 e. The van der Waals surface area contributed by atoms with Crippen LogP contribution in [0.3, 0.4) is 0 Å². The number of aryl methyl sites for hydroxylation is 1. The number of nitrogens with one attached hydrogen (secondary N) is 2. The highest BCUT2D eigenvalue weighted by Crippen LogP contribution is 1.88. The Morgan fingerprint density at radius 1 is 1.60 bits per heavy atom. The minimum Gasteiger partial charge on any atom is -0.310 e. The molecule has 0 saturated carbocycles. The van der Waals surface area contributed by atoms with Crippen molar-refractivity contribution in [3.05, 3.63) is 11.6 Å². The molecule has 0 aliphatic heterocycles. The Bertz CT molecular complexity index is 193. The zero-order valence-corrected chi connectivity index (χ0v) is 6.31. The summed E-state index contributed by atoms with van der Waals surface area (Å²) in [6.45, 7) is 5.65. The number of hydrogen-bond acceptors (Lipinski definition) is 3.